The van der Waals surface area contributed by atoms with Gasteiger partial charge in [0.1, 0.15) is 13.2 Å². The molecule has 0 spiro atoms. The van der Waals surface area contributed by atoms with E-state index in [9.17, 15) is 14.4 Å². The molecule has 0 amide bonds. The van der Waals surface area contributed by atoms with Crippen LogP contribution >= 0.6 is 0 Å². The lowest BCUT2D eigenvalue weighted by atomic mass is 10.0. The van der Waals surface area contributed by atoms with E-state index < -0.39 is 6.10 Å². The van der Waals surface area contributed by atoms with E-state index in [0.29, 0.717) is 19.3 Å². The van der Waals surface area contributed by atoms with Crippen LogP contribution in [0.2, 0.25) is 0 Å². The van der Waals surface area contributed by atoms with Crippen LogP contribution in [0, 0.1) is 0 Å². The minimum Gasteiger partial charge on any atom is -0.462 e. The van der Waals surface area contributed by atoms with Crippen molar-refractivity contribution in [1.29, 1.82) is 0 Å². The van der Waals surface area contributed by atoms with Gasteiger partial charge < -0.3 is 14.2 Å². The summed E-state index contributed by atoms with van der Waals surface area (Å²) in [4.78, 5) is 38.0. The van der Waals surface area contributed by atoms with E-state index in [1.807, 2.05) is 0 Å². The zero-order valence-corrected chi connectivity index (χ0v) is 41.1. The largest absolute Gasteiger partial charge is 0.462 e. The molecule has 0 aromatic heterocycles. The standard InChI is InChI=1S/C56H100O6/c1-4-7-10-13-16-19-22-25-27-28-30-31-34-37-40-43-46-49-55(58)61-52-53(51-60-54(57)48-45-42-39-36-33-24-21-18-15-12-9-6-3)62-56(59)50-47-44-41-38-35-32-29-26-23-20-17-14-11-8-5-2/h16,18-19,21,25,27,30-31,53H,4-15,17,20,22-24,26,28-29,32-52H2,1-3H3/b19-16-,21-18-,27-25-,31-30-/t53-/m1/s1. The molecule has 0 aliphatic heterocycles. The minimum absolute atomic E-state index is 0.0826. The molecule has 0 aliphatic rings. The average molecular weight is 869 g/mol. The topological polar surface area (TPSA) is 78.9 Å². The van der Waals surface area contributed by atoms with Gasteiger partial charge in [0, 0.05) is 19.3 Å². The molecule has 0 saturated carbocycles. The highest BCUT2D eigenvalue weighted by molar-refractivity contribution is 5.71. The zero-order chi connectivity index (χ0) is 45.1. The van der Waals surface area contributed by atoms with Gasteiger partial charge in [0.25, 0.3) is 0 Å². The van der Waals surface area contributed by atoms with E-state index in [-0.39, 0.29) is 31.1 Å². The summed E-state index contributed by atoms with van der Waals surface area (Å²) in [5.74, 6) is -0.903. The monoisotopic (exact) mass is 869 g/mol. The number of rotatable bonds is 48. The first-order chi connectivity index (χ1) is 30.5. The number of allylic oxidation sites excluding steroid dienone is 8. The van der Waals surface area contributed by atoms with Crippen molar-refractivity contribution in [3.8, 4) is 0 Å². The molecule has 0 saturated heterocycles. The summed E-state index contributed by atoms with van der Waals surface area (Å²) in [6.45, 7) is 6.58. The normalized spacial score (nSPS) is 12.4. The number of hydrogen-bond donors (Lipinski definition) is 0. The summed E-state index contributed by atoms with van der Waals surface area (Å²) in [5.41, 5.74) is 0. The summed E-state index contributed by atoms with van der Waals surface area (Å²) in [6, 6.07) is 0. The van der Waals surface area contributed by atoms with E-state index in [1.165, 1.54) is 141 Å². The first-order valence-electron chi connectivity index (χ1n) is 26.6. The van der Waals surface area contributed by atoms with Crippen molar-refractivity contribution in [3.63, 3.8) is 0 Å². The lowest BCUT2D eigenvalue weighted by molar-refractivity contribution is -0.167. The molecule has 0 bridgehead atoms. The first-order valence-corrected chi connectivity index (χ1v) is 26.6. The smallest absolute Gasteiger partial charge is 0.306 e. The van der Waals surface area contributed by atoms with Gasteiger partial charge in [0.2, 0.25) is 0 Å². The zero-order valence-electron chi connectivity index (χ0n) is 41.1. The Morgan fingerprint density at radius 1 is 0.323 bits per heavy atom. The highest BCUT2D eigenvalue weighted by atomic mass is 16.6. The number of hydrogen-bond acceptors (Lipinski definition) is 6. The lowest BCUT2D eigenvalue weighted by Gasteiger charge is -2.18. The molecule has 0 aliphatic carbocycles. The van der Waals surface area contributed by atoms with E-state index in [0.717, 1.165) is 89.9 Å². The number of carbonyl (C=O) groups is 3. The van der Waals surface area contributed by atoms with Gasteiger partial charge in [-0.25, -0.2) is 0 Å². The van der Waals surface area contributed by atoms with Crippen molar-refractivity contribution in [2.45, 2.75) is 277 Å². The number of ether oxygens (including phenoxy) is 3. The molecule has 0 N–H and O–H groups in total. The minimum atomic E-state index is -0.782. The quantitative estimate of drug-likeness (QED) is 0.0262. The predicted octanol–water partition coefficient (Wildman–Crippen LogP) is 17.5. The molecule has 0 aromatic rings. The van der Waals surface area contributed by atoms with Crippen LogP contribution in [0.15, 0.2) is 48.6 Å². The third kappa shape index (κ3) is 48.4. The molecule has 0 fully saturated rings. The molecule has 0 heterocycles. The van der Waals surface area contributed by atoms with Crippen LogP contribution in [0.1, 0.15) is 271 Å². The summed E-state index contributed by atoms with van der Waals surface area (Å²) < 4.78 is 16.8. The van der Waals surface area contributed by atoms with E-state index in [2.05, 4.69) is 69.4 Å². The van der Waals surface area contributed by atoms with Gasteiger partial charge in [0.05, 0.1) is 0 Å². The molecular weight excluding hydrogens is 769 g/mol. The fourth-order valence-electron chi connectivity index (χ4n) is 7.50. The Balaban J connectivity index is 4.40. The van der Waals surface area contributed by atoms with Crippen LogP contribution in [0.3, 0.4) is 0 Å². The summed E-state index contributed by atoms with van der Waals surface area (Å²) in [5, 5.41) is 0. The predicted molar refractivity (Wildman–Crippen MR) is 265 cm³/mol. The van der Waals surface area contributed by atoms with Gasteiger partial charge in [-0.1, -0.05) is 217 Å². The second-order valence-corrected chi connectivity index (χ2v) is 17.8. The Labute approximate surface area is 384 Å². The van der Waals surface area contributed by atoms with Crippen LogP contribution in [0.4, 0.5) is 0 Å². The van der Waals surface area contributed by atoms with Crippen LogP contribution in [0.25, 0.3) is 0 Å². The fraction of sp³-hybridized carbons (Fsp3) is 0.804. The molecule has 6 heteroatoms. The first kappa shape index (κ1) is 59.4. The molecule has 6 nitrogen and oxygen atoms in total. The summed E-state index contributed by atoms with van der Waals surface area (Å²) >= 11 is 0. The third-order valence-electron chi connectivity index (χ3n) is 11.6. The number of unbranched alkanes of at least 4 members (excludes halogenated alkanes) is 29. The molecule has 1 atom stereocenters. The van der Waals surface area contributed by atoms with Gasteiger partial charge in [-0.2, -0.15) is 0 Å². The maximum atomic E-state index is 12.8. The van der Waals surface area contributed by atoms with Crippen molar-refractivity contribution in [2.24, 2.45) is 0 Å². The van der Waals surface area contributed by atoms with Gasteiger partial charge in [-0.3, -0.25) is 14.4 Å². The Morgan fingerprint density at radius 2 is 0.581 bits per heavy atom. The van der Waals surface area contributed by atoms with Crippen molar-refractivity contribution in [2.75, 3.05) is 13.2 Å². The molecule has 360 valence electrons. The van der Waals surface area contributed by atoms with E-state index in [4.69, 9.17) is 14.2 Å². The maximum Gasteiger partial charge on any atom is 0.306 e. The Hall–Kier alpha value is -2.63. The molecular formula is C56H100O6. The van der Waals surface area contributed by atoms with Gasteiger partial charge in [-0.05, 0) is 83.5 Å². The van der Waals surface area contributed by atoms with Crippen molar-refractivity contribution < 1.29 is 28.6 Å². The van der Waals surface area contributed by atoms with E-state index in [1.54, 1.807) is 0 Å². The number of carbonyl (C=O) groups excluding carboxylic acids is 3. The fourth-order valence-corrected chi connectivity index (χ4v) is 7.50. The molecule has 0 unspecified atom stereocenters. The Kier molecular flexibility index (Phi) is 48.8. The van der Waals surface area contributed by atoms with Crippen molar-refractivity contribution >= 4 is 17.9 Å². The summed E-state index contributed by atoms with van der Waals surface area (Å²) in [7, 11) is 0. The van der Waals surface area contributed by atoms with Crippen LogP contribution in [-0.4, -0.2) is 37.2 Å². The van der Waals surface area contributed by atoms with Gasteiger partial charge in [-0.15, -0.1) is 0 Å². The van der Waals surface area contributed by atoms with Crippen LogP contribution < -0.4 is 0 Å². The highest BCUT2D eigenvalue weighted by Gasteiger charge is 2.19. The average Bonchev–Trinajstić information content (AvgIpc) is 3.27. The van der Waals surface area contributed by atoms with Gasteiger partial charge in [0.15, 0.2) is 6.10 Å². The number of esters is 3. The lowest BCUT2D eigenvalue weighted by Crippen LogP contribution is -2.30. The van der Waals surface area contributed by atoms with Crippen molar-refractivity contribution in [1.82, 2.24) is 0 Å². The molecule has 62 heavy (non-hydrogen) atoms. The SMILES string of the molecule is CCCCC/C=C\C/C=C\C/C=C\CCCCCCC(=O)OC[C@@H](COC(=O)CCCCCCC/C=C\CCCCC)OC(=O)CCCCCCCCCCCCCCCCC. The van der Waals surface area contributed by atoms with Crippen molar-refractivity contribution in [3.05, 3.63) is 48.6 Å². The molecule has 0 radical (unpaired) electrons. The van der Waals surface area contributed by atoms with Crippen LogP contribution in [-0.2, 0) is 28.6 Å². The maximum absolute atomic E-state index is 12.8. The van der Waals surface area contributed by atoms with Crippen LogP contribution in [0.5, 0.6) is 0 Å². The highest BCUT2D eigenvalue weighted by Crippen LogP contribution is 2.15. The molecule has 0 aromatic carbocycles. The second-order valence-electron chi connectivity index (χ2n) is 17.8. The molecule has 0 rings (SSSR count). The second kappa shape index (κ2) is 51.0. The Bertz CT molecular complexity index is 1090. The van der Waals surface area contributed by atoms with Gasteiger partial charge >= 0.3 is 17.9 Å². The van der Waals surface area contributed by atoms with E-state index >= 15 is 0 Å². The third-order valence-corrected chi connectivity index (χ3v) is 11.6. The summed E-state index contributed by atoms with van der Waals surface area (Å²) in [6.07, 6.45) is 60.9. The Morgan fingerprint density at radius 3 is 0.952 bits per heavy atom.